The Morgan fingerprint density at radius 2 is 1.83 bits per heavy atom. The molecule has 0 saturated heterocycles. The second kappa shape index (κ2) is 11.2. The molecule has 1 aromatic heterocycles. The third-order valence-corrected chi connectivity index (χ3v) is 6.13. The van der Waals surface area contributed by atoms with Gasteiger partial charge in [-0.05, 0) is 62.1 Å². The minimum absolute atomic E-state index is 0.113. The molecule has 0 aliphatic rings. The topological polar surface area (TPSA) is 51.2 Å². The lowest BCUT2D eigenvalue weighted by atomic mass is 9.85. The van der Waals surface area contributed by atoms with E-state index in [-0.39, 0.29) is 17.8 Å². The number of nitrogens with zero attached hydrogens (tertiary/aromatic N) is 1. The van der Waals surface area contributed by atoms with E-state index in [1.807, 2.05) is 55.5 Å². The quantitative estimate of drug-likeness (QED) is 0.330. The molecule has 3 rings (SSSR count). The molecule has 1 amide bonds. The number of ether oxygens (including phenoxy) is 1. The number of aromatic nitrogens is 1. The van der Waals surface area contributed by atoms with Gasteiger partial charge in [-0.25, -0.2) is 4.98 Å². The van der Waals surface area contributed by atoms with Crippen molar-refractivity contribution in [2.75, 3.05) is 0 Å². The Balaban J connectivity index is 1.81. The van der Waals surface area contributed by atoms with Crippen LogP contribution in [0.5, 0.6) is 5.88 Å². The molecule has 0 spiro atoms. The Morgan fingerprint density at radius 1 is 1.14 bits per heavy atom. The second-order valence-corrected chi connectivity index (χ2v) is 9.50. The summed E-state index contributed by atoms with van der Waals surface area (Å²) in [4.78, 5) is 17.0. The van der Waals surface area contributed by atoms with Crippen molar-refractivity contribution in [1.82, 2.24) is 10.3 Å². The molecule has 190 valence electrons. The van der Waals surface area contributed by atoms with Crippen LogP contribution in [0.25, 0.3) is 6.08 Å². The van der Waals surface area contributed by atoms with Crippen LogP contribution in [0.3, 0.4) is 0 Å². The molecule has 0 fully saturated rings. The number of nitrogens with one attached hydrogen (secondary N) is 1. The Kier molecular flexibility index (Phi) is 8.46. The van der Waals surface area contributed by atoms with Crippen LogP contribution in [-0.4, -0.2) is 22.5 Å². The highest BCUT2D eigenvalue weighted by Crippen LogP contribution is 2.32. The molecule has 2 atom stereocenters. The van der Waals surface area contributed by atoms with E-state index in [1.165, 1.54) is 13.8 Å². The standard InChI is InChI=1S/C28H28ClF3N2O2/c1-5-19-7-6-8-21(15-19)24(16-20-9-11-23(29)12-10-20)18(2)34-26(35)27(3,4)36-25-17-22(13-14-33-25)28(30,31)32/h5-15,17-18,24H,1,16H2,2-4H3,(H,34,35). The normalized spacial score (nSPS) is 13.5. The predicted octanol–water partition coefficient (Wildman–Crippen LogP) is 7.09. The van der Waals surface area contributed by atoms with E-state index >= 15 is 0 Å². The molecule has 0 bridgehead atoms. The van der Waals surface area contributed by atoms with Gasteiger partial charge in [-0.3, -0.25) is 4.79 Å². The molecule has 1 N–H and O–H groups in total. The predicted molar refractivity (Wildman–Crippen MR) is 136 cm³/mol. The smallest absolute Gasteiger partial charge is 0.416 e. The van der Waals surface area contributed by atoms with Crippen LogP contribution in [0.4, 0.5) is 13.2 Å². The van der Waals surface area contributed by atoms with E-state index in [0.717, 1.165) is 35.0 Å². The van der Waals surface area contributed by atoms with Crippen LogP contribution >= 0.6 is 11.6 Å². The van der Waals surface area contributed by atoms with Crippen LogP contribution in [0, 0.1) is 0 Å². The van der Waals surface area contributed by atoms with E-state index in [4.69, 9.17) is 16.3 Å². The summed E-state index contributed by atoms with van der Waals surface area (Å²) >= 11 is 6.04. The zero-order valence-electron chi connectivity index (χ0n) is 20.3. The van der Waals surface area contributed by atoms with Crippen molar-refractivity contribution < 1.29 is 22.7 Å². The molecule has 2 aromatic carbocycles. The van der Waals surface area contributed by atoms with Gasteiger partial charge in [0.1, 0.15) is 0 Å². The van der Waals surface area contributed by atoms with Gasteiger partial charge in [-0.15, -0.1) is 0 Å². The lowest BCUT2D eigenvalue weighted by molar-refractivity contribution is -0.138. The first-order valence-electron chi connectivity index (χ1n) is 11.4. The fraction of sp³-hybridized carbons (Fsp3) is 0.286. The Hall–Kier alpha value is -3.32. The molecule has 4 nitrogen and oxygen atoms in total. The summed E-state index contributed by atoms with van der Waals surface area (Å²) in [6.07, 6.45) is -1.17. The van der Waals surface area contributed by atoms with Crippen LogP contribution in [0.2, 0.25) is 5.02 Å². The second-order valence-electron chi connectivity index (χ2n) is 9.07. The average molecular weight is 517 g/mol. The molecular formula is C28H28ClF3N2O2. The lowest BCUT2D eigenvalue weighted by Crippen LogP contribution is -2.51. The lowest BCUT2D eigenvalue weighted by Gasteiger charge is -2.31. The zero-order valence-corrected chi connectivity index (χ0v) is 21.0. The third kappa shape index (κ3) is 7.10. The first-order chi connectivity index (χ1) is 16.9. The van der Waals surface area contributed by atoms with Crippen LogP contribution < -0.4 is 10.1 Å². The van der Waals surface area contributed by atoms with E-state index in [0.29, 0.717) is 11.4 Å². The van der Waals surface area contributed by atoms with Gasteiger partial charge in [0.15, 0.2) is 5.60 Å². The zero-order chi connectivity index (χ0) is 26.5. The molecule has 1 heterocycles. The summed E-state index contributed by atoms with van der Waals surface area (Å²) in [7, 11) is 0. The van der Waals surface area contributed by atoms with Crippen molar-refractivity contribution in [3.8, 4) is 5.88 Å². The van der Waals surface area contributed by atoms with E-state index in [1.54, 1.807) is 6.08 Å². The molecule has 8 heteroatoms. The largest absolute Gasteiger partial charge is 0.462 e. The van der Waals surface area contributed by atoms with E-state index in [9.17, 15) is 18.0 Å². The van der Waals surface area contributed by atoms with Gasteiger partial charge in [-0.1, -0.05) is 60.7 Å². The van der Waals surface area contributed by atoms with Gasteiger partial charge in [0.05, 0.1) is 5.56 Å². The molecule has 0 radical (unpaired) electrons. The number of pyridine rings is 1. The van der Waals surface area contributed by atoms with Gasteiger partial charge in [0.25, 0.3) is 5.91 Å². The molecule has 0 saturated carbocycles. The number of carbonyl (C=O) groups excluding carboxylic acids is 1. The Bertz CT molecular complexity index is 1210. The summed E-state index contributed by atoms with van der Waals surface area (Å²) in [5.41, 5.74) is 0.624. The number of hydrogen-bond acceptors (Lipinski definition) is 3. The summed E-state index contributed by atoms with van der Waals surface area (Å²) in [5, 5.41) is 3.62. The van der Waals surface area contributed by atoms with Crippen molar-refractivity contribution in [1.29, 1.82) is 0 Å². The van der Waals surface area contributed by atoms with Crippen molar-refractivity contribution >= 4 is 23.6 Å². The van der Waals surface area contributed by atoms with Crippen LogP contribution in [-0.2, 0) is 17.4 Å². The van der Waals surface area contributed by atoms with Gasteiger partial charge >= 0.3 is 6.18 Å². The van der Waals surface area contributed by atoms with Crippen LogP contribution in [0.1, 0.15) is 48.9 Å². The molecule has 0 aliphatic carbocycles. The first kappa shape index (κ1) is 27.3. The minimum atomic E-state index is -4.54. The summed E-state index contributed by atoms with van der Waals surface area (Å²) in [6.45, 7) is 8.70. The molecular weight excluding hydrogens is 489 g/mol. The Labute approximate surface area is 214 Å². The summed E-state index contributed by atoms with van der Waals surface area (Å²) < 4.78 is 44.8. The fourth-order valence-corrected chi connectivity index (χ4v) is 3.93. The number of carbonyl (C=O) groups is 1. The van der Waals surface area contributed by atoms with E-state index in [2.05, 4.69) is 16.9 Å². The highest BCUT2D eigenvalue weighted by molar-refractivity contribution is 6.30. The van der Waals surface area contributed by atoms with Crippen molar-refractivity contribution in [2.45, 2.75) is 50.9 Å². The maximum atomic E-state index is 13.2. The number of alkyl halides is 3. The summed E-state index contributed by atoms with van der Waals surface area (Å²) in [5.74, 6) is -0.873. The van der Waals surface area contributed by atoms with Gasteiger partial charge < -0.3 is 10.1 Å². The maximum absolute atomic E-state index is 13.2. The average Bonchev–Trinajstić information content (AvgIpc) is 2.83. The van der Waals surface area contributed by atoms with Crippen molar-refractivity contribution in [3.63, 3.8) is 0 Å². The van der Waals surface area contributed by atoms with E-state index < -0.39 is 23.2 Å². The molecule has 36 heavy (non-hydrogen) atoms. The fourth-order valence-electron chi connectivity index (χ4n) is 3.80. The number of amides is 1. The third-order valence-electron chi connectivity index (χ3n) is 5.87. The SMILES string of the molecule is C=Cc1cccc(C(Cc2ccc(Cl)cc2)C(C)NC(=O)C(C)(C)Oc2cc(C(F)(F)F)ccn2)c1. The number of benzene rings is 2. The minimum Gasteiger partial charge on any atom is -0.462 e. The van der Waals surface area contributed by atoms with Gasteiger partial charge in [0.2, 0.25) is 5.88 Å². The van der Waals surface area contributed by atoms with Gasteiger partial charge in [-0.2, -0.15) is 13.2 Å². The summed E-state index contributed by atoms with van der Waals surface area (Å²) in [6, 6.07) is 16.7. The number of rotatable bonds is 9. The van der Waals surface area contributed by atoms with Crippen molar-refractivity contribution in [2.24, 2.45) is 0 Å². The molecule has 2 unspecified atom stereocenters. The van der Waals surface area contributed by atoms with Crippen LogP contribution in [0.15, 0.2) is 73.4 Å². The van der Waals surface area contributed by atoms with Gasteiger partial charge in [0, 0.05) is 29.2 Å². The first-order valence-corrected chi connectivity index (χ1v) is 11.8. The number of hydrogen-bond donors (Lipinski definition) is 1. The highest BCUT2D eigenvalue weighted by atomic mass is 35.5. The maximum Gasteiger partial charge on any atom is 0.416 e. The monoisotopic (exact) mass is 516 g/mol. The van der Waals surface area contributed by atoms with Crippen molar-refractivity contribution in [3.05, 3.63) is 101 Å². The molecule has 3 aromatic rings. The Morgan fingerprint density at radius 3 is 2.47 bits per heavy atom. The molecule has 0 aliphatic heterocycles. The number of halogens is 4. The highest BCUT2D eigenvalue weighted by Gasteiger charge is 2.35.